The number of nitrogens with zero attached hydrogens (tertiary/aromatic N) is 2. The summed E-state index contributed by atoms with van der Waals surface area (Å²) in [5.41, 5.74) is 23.3. The second kappa shape index (κ2) is 15.8. The third-order valence-electron chi connectivity index (χ3n) is 15.5. The van der Waals surface area contributed by atoms with Gasteiger partial charge in [-0.15, -0.1) is 0 Å². The molecule has 6 heteroatoms. The van der Waals surface area contributed by atoms with Crippen LogP contribution in [0.1, 0.15) is 38.9 Å². The van der Waals surface area contributed by atoms with Crippen LogP contribution in [0.25, 0.3) is 61.2 Å². The summed E-state index contributed by atoms with van der Waals surface area (Å²) in [5.74, 6) is 0. The van der Waals surface area contributed by atoms with Crippen LogP contribution in [0.2, 0.25) is 26.2 Å². The fourth-order valence-corrected chi connectivity index (χ4v) is 18.0. The van der Waals surface area contributed by atoms with Gasteiger partial charge in [-0.25, -0.2) is 0 Å². The van der Waals surface area contributed by atoms with Gasteiger partial charge in [0.05, 0.1) is 28.4 Å². The largest absolute Gasteiger partial charge is 0.463 e. The highest BCUT2D eigenvalue weighted by Crippen LogP contribution is 2.51. The van der Waals surface area contributed by atoms with Crippen molar-refractivity contribution in [2.75, 3.05) is 9.80 Å². The molecule has 0 saturated carbocycles. The maximum atomic E-state index is 7.23. The van der Waals surface area contributed by atoms with Gasteiger partial charge >= 0.3 is 0 Å². The first-order valence-corrected chi connectivity index (χ1v) is 30.6. The molecule has 2 aromatic heterocycles. The molecule has 0 amide bonds. The lowest BCUT2D eigenvalue weighted by atomic mass is 9.95. The summed E-state index contributed by atoms with van der Waals surface area (Å²) in [6, 6.07) is 50.5. The van der Waals surface area contributed by atoms with Gasteiger partial charge in [-0.3, -0.25) is 0 Å². The van der Waals surface area contributed by atoms with Gasteiger partial charge in [-0.05, 0) is 139 Å². The van der Waals surface area contributed by atoms with E-state index in [2.05, 4.69) is 224 Å². The number of furan rings is 2. The Morgan fingerprint density at radius 3 is 1.49 bits per heavy atom. The first-order valence-electron chi connectivity index (χ1n) is 24.6. The molecule has 0 unspecified atom stereocenters. The normalized spacial score (nSPS) is 14.1. The number of hydrogen-bond acceptors (Lipinski definition) is 4. The molecular weight excluding hydrogens is 885 g/mol. The first kappa shape index (κ1) is 43.9. The molecule has 4 nitrogen and oxygen atoms in total. The minimum absolute atomic E-state index is 0.906. The van der Waals surface area contributed by atoms with Crippen LogP contribution in [-0.2, 0) is 0 Å². The van der Waals surface area contributed by atoms with Crippen LogP contribution < -0.4 is 30.5 Å². The number of allylic oxidation sites excluding steroid dienone is 2. The molecule has 70 heavy (non-hydrogen) atoms. The minimum Gasteiger partial charge on any atom is -0.463 e. The van der Waals surface area contributed by atoms with Gasteiger partial charge in [-0.2, -0.15) is 0 Å². The van der Waals surface area contributed by atoms with Crippen LogP contribution in [0.3, 0.4) is 0 Å². The Morgan fingerprint density at radius 2 is 0.971 bits per heavy atom. The lowest BCUT2D eigenvalue weighted by Gasteiger charge is -2.30. The van der Waals surface area contributed by atoms with Crippen molar-refractivity contribution in [1.29, 1.82) is 0 Å². The summed E-state index contributed by atoms with van der Waals surface area (Å²) in [6.45, 7) is 27.3. The van der Waals surface area contributed by atoms with Crippen LogP contribution >= 0.6 is 0 Å². The Balaban J connectivity index is 1.13. The molecule has 0 saturated heterocycles. The number of aryl methyl sites for hydroxylation is 6. The monoisotopic (exact) mass is 942 g/mol. The molecule has 10 aromatic rings. The maximum Gasteiger partial charge on any atom is 0.145 e. The van der Waals surface area contributed by atoms with Gasteiger partial charge < -0.3 is 18.6 Å². The SMILES string of the molecule is C=C/C=C\c1coc2c3c(cc(N(c4ccc(C)cc4)c4ccc(C)cc4C)c12)[Si](C)(C)c1cc2c(cc1-3)[Si](C)(C)c1cc(N(c3ccc(C)cc3)c3ccc(C)cc3C)c3c(oc4ccccc43)c1-2. The molecule has 0 atom stereocenters. The Kier molecular flexibility index (Phi) is 9.91. The summed E-state index contributed by atoms with van der Waals surface area (Å²) in [4.78, 5) is 4.95. The molecule has 0 N–H and O–H groups in total. The molecule has 12 rings (SSSR count). The van der Waals surface area contributed by atoms with Crippen molar-refractivity contribution in [3.8, 4) is 22.3 Å². The fraction of sp³-hybridized carbons (Fsp3) is 0.156. The van der Waals surface area contributed by atoms with Crippen molar-refractivity contribution in [3.63, 3.8) is 0 Å². The minimum atomic E-state index is -2.41. The quantitative estimate of drug-likeness (QED) is 0.112. The van der Waals surface area contributed by atoms with Crippen LogP contribution in [-0.4, -0.2) is 16.1 Å². The van der Waals surface area contributed by atoms with Crippen molar-refractivity contribution in [1.82, 2.24) is 0 Å². The number of para-hydroxylation sites is 1. The summed E-state index contributed by atoms with van der Waals surface area (Å²) >= 11 is 0. The van der Waals surface area contributed by atoms with Crippen molar-refractivity contribution in [3.05, 3.63) is 197 Å². The van der Waals surface area contributed by atoms with E-state index in [0.29, 0.717) is 0 Å². The predicted octanol–water partition coefficient (Wildman–Crippen LogP) is 15.9. The Bertz CT molecular complexity index is 3870. The zero-order valence-corrected chi connectivity index (χ0v) is 43.9. The summed E-state index contributed by atoms with van der Waals surface area (Å²) < 4.78 is 14.2. The summed E-state index contributed by atoms with van der Waals surface area (Å²) in [5, 5.41) is 9.07. The molecular formula is C64H58N2O2Si2. The van der Waals surface area contributed by atoms with E-state index < -0.39 is 16.1 Å². The van der Waals surface area contributed by atoms with Crippen molar-refractivity contribution in [2.24, 2.45) is 0 Å². The van der Waals surface area contributed by atoms with Crippen LogP contribution in [0.15, 0.2) is 167 Å². The summed E-state index contributed by atoms with van der Waals surface area (Å²) in [7, 11) is -4.83. The molecule has 344 valence electrons. The third kappa shape index (κ3) is 6.46. The number of anilines is 6. The van der Waals surface area contributed by atoms with Gasteiger partial charge in [0.25, 0.3) is 0 Å². The van der Waals surface area contributed by atoms with E-state index >= 15 is 0 Å². The Labute approximate surface area is 413 Å². The standard InChI is InChI=1S/C64H58N2O2Si2/c1-12-13-16-44-37-67-63-59(44)52(65(45-25-19-38(2)20-26-45)50-29-23-40(4)31-42(50)6)35-57-61(63)48-33-56-49(34-55(48)69(57,8)9)62-58(70(56,10)11)36-53(60-47-17-14-15-18-54(47)68-64(60)62)66(46-27-21-39(3)22-28-46)51-30-24-41(5)32-43(51)7/h12-37H,1H2,2-11H3/b16-13-. The average Bonchev–Trinajstić information content (AvgIpc) is 4.05. The van der Waals surface area contributed by atoms with E-state index in [-0.39, 0.29) is 0 Å². The van der Waals surface area contributed by atoms with E-state index in [1.165, 1.54) is 82.1 Å². The number of rotatable bonds is 8. The predicted molar refractivity (Wildman–Crippen MR) is 305 cm³/mol. The molecule has 4 heterocycles. The third-order valence-corrected chi connectivity index (χ3v) is 22.5. The Morgan fingerprint density at radius 1 is 0.486 bits per heavy atom. The van der Waals surface area contributed by atoms with E-state index in [4.69, 9.17) is 8.83 Å². The smallest absolute Gasteiger partial charge is 0.145 e. The number of hydrogen-bond donors (Lipinski definition) is 0. The highest BCUT2D eigenvalue weighted by Gasteiger charge is 2.47. The molecule has 0 fully saturated rings. The average molecular weight is 943 g/mol. The lowest BCUT2D eigenvalue weighted by Crippen LogP contribution is -2.51. The second-order valence-corrected chi connectivity index (χ2v) is 29.7. The van der Waals surface area contributed by atoms with Crippen LogP contribution in [0.5, 0.6) is 0 Å². The molecule has 0 spiro atoms. The molecule has 0 bridgehead atoms. The van der Waals surface area contributed by atoms with Crippen molar-refractivity contribution in [2.45, 2.75) is 67.7 Å². The van der Waals surface area contributed by atoms with E-state index in [9.17, 15) is 0 Å². The second-order valence-electron chi connectivity index (χ2n) is 21.0. The van der Waals surface area contributed by atoms with Crippen LogP contribution in [0.4, 0.5) is 34.1 Å². The molecule has 2 aliphatic heterocycles. The molecule has 2 aliphatic rings. The lowest BCUT2D eigenvalue weighted by molar-refractivity contribution is 0.616. The van der Waals surface area contributed by atoms with Crippen LogP contribution in [0, 0.1) is 41.5 Å². The van der Waals surface area contributed by atoms with Gasteiger partial charge in [0.2, 0.25) is 0 Å². The van der Waals surface area contributed by atoms with Gasteiger partial charge in [0.1, 0.15) is 32.9 Å². The highest BCUT2D eigenvalue weighted by atomic mass is 28.3. The van der Waals surface area contributed by atoms with E-state index in [1.807, 2.05) is 18.4 Å². The molecule has 0 aliphatic carbocycles. The number of fused-ring (bicyclic) bond motifs is 12. The first-order chi connectivity index (χ1) is 33.6. The van der Waals surface area contributed by atoms with E-state index in [1.54, 1.807) is 0 Å². The maximum absolute atomic E-state index is 7.23. The fourth-order valence-electron chi connectivity index (χ4n) is 11.9. The highest BCUT2D eigenvalue weighted by molar-refractivity contribution is 7.06. The topological polar surface area (TPSA) is 32.8 Å². The molecule has 0 radical (unpaired) electrons. The number of benzene rings is 8. The molecule has 8 aromatic carbocycles. The zero-order valence-electron chi connectivity index (χ0n) is 41.9. The van der Waals surface area contributed by atoms with Crippen molar-refractivity contribution < 1.29 is 8.83 Å². The van der Waals surface area contributed by atoms with Gasteiger partial charge in [-0.1, -0.05) is 152 Å². The zero-order chi connectivity index (χ0) is 48.5. The Hall–Kier alpha value is -7.39. The van der Waals surface area contributed by atoms with Gasteiger partial charge in [0, 0.05) is 44.8 Å². The van der Waals surface area contributed by atoms with E-state index in [0.717, 1.165) is 66.9 Å². The van der Waals surface area contributed by atoms with Gasteiger partial charge in [0.15, 0.2) is 0 Å². The van der Waals surface area contributed by atoms with Crippen molar-refractivity contribution >= 4 is 110 Å². The summed E-state index contributed by atoms with van der Waals surface area (Å²) in [6.07, 6.45) is 7.96.